The van der Waals surface area contributed by atoms with Gasteiger partial charge in [0, 0.05) is 48.9 Å². The van der Waals surface area contributed by atoms with Crippen molar-refractivity contribution in [2.24, 2.45) is 0 Å². The van der Waals surface area contributed by atoms with Crippen molar-refractivity contribution in [3.05, 3.63) is 53.1 Å². The Hall–Kier alpha value is -3.62. The summed E-state index contributed by atoms with van der Waals surface area (Å²) in [6, 6.07) is 5.52. The van der Waals surface area contributed by atoms with E-state index >= 15 is 0 Å². The molecular weight excluding hydrogens is 460 g/mol. The molecule has 5 rings (SSSR count). The number of rotatable bonds is 4. The van der Waals surface area contributed by atoms with Crippen LogP contribution in [0.3, 0.4) is 0 Å². The van der Waals surface area contributed by atoms with Gasteiger partial charge in [-0.25, -0.2) is 9.59 Å². The zero-order valence-electron chi connectivity index (χ0n) is 21.6. The molecule has 0 bridgehead atoms. The fourth-order valence-corrected chi connectivity index (χ4v) is 6.05. The van der Waals surface area contributed by atoms with Gasteiger partial charge in [0.25, 0.3) is 0 Å². The molecule has 192 valence electrons. The number of urea groups is 2. The third-order valence-corrected chi connectivity index (χ3v) is 7.89. The summed E-state index contributed by atoms with van der Waals surface area (Å²) in [7, 11) is 3.30. The molecule has 3 aliphatic rings. The highest BCUT2D eigenvalue weighted by molar-refractivity contribution is 5.90. The average Bonchev–Trinajstić information content (AvgIpc) is 3.31. The minimum absolute atomic E-state index is 0.0116. The number of nitrogens with one attached hydrogen (secondary N) is 1. The molecule has 1 unspecified atom stereocenters. The van der Waals surface area contributed by atoms with Crippen molar-refractivity contribution >= 4 is 17.7 Å². The molecule has 1 spiro atoms. The number of fused-ring (bicyclic) bond motifs is 3. The van der Waals surface area contributed by atoms with E-state index in [1.807, 2.05) is 40.7 Å². The molecule has 2 saturated heterocycles. The summed E-state index contributed by atoms with van der Waals surface area (Å²) < 4.78 is 16.5. The molecule has 2 fully saturated rings. The number of hydrogen-bond donors (Lipinski definition) is 1. The van der Waals surface area contributed by atoms with Crippen molar-refractivity contribution in [3.63, 3.8) is 0 Å². The van der Waals surface area contributed by atoms with Crippen LogP contribution in [0.5, 0.6) is 11.5 Å². The number of allylic oxidation sites excluding steroid dienone is 1. The topological polar surface area (TPSA) is 87.5 Å². The SMILES string of the molecule is CCN1C(=O)N2Cc3cc(OC)cc(OC)c3C(C)C=C2C12CCN(C(=O)Nc1ccoc1C)CC2. The summed E-state index contributed by atoms with van der Waals surface area (Å²) in [6.07, 6.45) is 5.14. The van der Waals surface area contributed by atoms with Gasteiger partial charge in [-0.3, -0.25) is 4.90 Å². The standard InChI is InChI=1S/C27H34N4O5/c1-6-31-26(33)30-16-19-14-20(34-4)15-22(35-5)24(19)17(2)13-23(30)27(31)8-10-29(11-9-27)25(32)28-21-7-12-36-18(21)3/h7,12-15,17H,6,8-11,16H2,1-5H3,(H,28,32). The first-order chi connectivity index (χ1) is 17.3. The van der Waals surface area contributed by atoms with Crippen LogP contribution in [-0.2, 0) is 6.54 Å². The second-order valence-corrected chi connectivity index (χ2v) is 9.70. The van der Waals surface area contributed by atoms with E-state index in [4.69, 9.17) is 13.9 Å². The highest BCUT2D eigenvalue weighted by atomic mass is 16.5. The van der Waals surface area contributed by atoms with Crippen molar-refractivity contribution < 1.29 is 23.5 Å². The molecule has 0 radical (unpaired) electrons. The Bertz CT molecular complexity index is 1210. The van der Waals surface area contributed by atoms with E-state index in [0.717, 1.165) is 22.6 Å². The molecule has 9 heteroatoms. The van der Waals surface area contributed by atoms with Gasteiger partial charge in [-0.15, -0.1) is 0 Å². The predicted molar refractivity (Wildman–Crippen MR) is 135 cm³/mol. The van der Waals surface area contributed by atoms with Crippen LogP contribution in [0.4, 0.5) is 15.3 Å². The number of likely N-dealkylation sites (tertiary alicyclic amines) is 1. The molecule has 3 aliphatic heterocycles. The maximum atomic E-state index is 13.7. The molecule has 1 aromatic heterocycles. The number of hydrogen-bond acceptors (Lipinski definition) is 5. The van der Waals surface area contributed by atoms with Crippen LogP contribution in [0.2, 0.25) is 0 Å². The quantitative estimate of drug-likeness (QED) is 0.651. The average molecular weight is 495 g/mol. The molecule has 36 heavy (non-hydrogen) atoms. The molecule has 2 aromatic rings. The van der Waals surface area contributed by atoms with Crippen molar-refractivity contribution in [2.45, 2.75) is 51.6 Å². The Morgan fingerprint density at radius 1 is 1.22 bits per heavy atom. The first-order valence-corrected chi connectivity index (χ1v) is 12.5. The third kappa shape index (κ3) is 3.68. The van der Waals surface area contributed by atoms with Gasteiger partial charge in [-0.05, 0) is 38.3 Å². The Labute approximate surface area is 211 Å². The van der Waals surface area contributed by atoms with Gasteiger partial charge < -0.3 is 29.0 Å². The van der Waals surface area contributed by atoms with Crippen LogP contribution < -0.4 is 14.8 Å². The number of aryl methyl sites for hydroxylation is 1. The molecule has 4 amide bonds. The summed E-state index contributed by atoms with van der Waals surface area (Å²) >= 11 is 0. The molecule has 0 aliphatic carbocycles. The maximum Gasteiger partial charge on any atom is 0.325 e. The van der Waals surface area contributed by atoms with Crippen LogP contribution in [0, 0.1) is 6.92 Å². The Balaban J connectivity index is 1.45. The number of piperidine rings is 1. The van der Waals surface area contributed by atoms with Gasteiger partial charge in [-0.1, -0.05) is 13.0 Å². The molecular formula is C27H34N4O5. The maximum absolute atomic E-state index is 13.7. The van der Waals surface area contributed by atoms with Gasteiger partial charge in [0.15, 0.2) is 0 Å². The van der Waals surface area contributed by atoms with E-state index < -0.39 is 5.54 Å². The summed E-state index contributed by atoms with van der Waals surface area (Å²) in [5, 5.41) is 2.94. The highest BCUT2D eigenvalue weighted by Crippen LogP contribution is 2.49. The molecule has 0 saturated carbocycles. The lowest BCUT2D eigenvalue weighted by Crippen LogP contribution is -2.55. The number of carbonyl (C=O) groups is 2. The number of benzene rings is 1. The summed E-state index contributed by atoms with van der Waals surface area (Å²) in [4.78, 5) is 32.4. The number of furan rings is 1. The summed E-state index contributed by atoms with van der Waals surface area (Å²) in [5.41, 5.74) is 3.38. The van der Waals surface area contributed by atoms with E-state index in [-0.39, 0.29) is 18.0 Å². The van der Waals surface area contributed by atoms with Gasteiger partial charge >= 0.3 is 12.1 Å². The highest BCUT2D eigenvalue weighted by Gasteiger charge is 2.55. The molecule has 9 nitrogen and oxygen atoms in total. The lowest BCUT2D eigenvalue weighted by atomic mass is 9.82. The number of anilines is 1. The normalized spacial score (nSPS) is 20.6. The monoisotopic (exact) mass is 494 g/mol. The summed E-state index contributed by atoms with van der Waals surface area (Å²) in [6.45, 7) is 8.16. The second-order valence-electron chi connectivity index (χ2n) is 9.70. The van der Waals surface area contributed by atoms with E-state index in [1.165, 1.54) is 0 Å². The zero-order valence-corrected chi connectivity index (χ0v) is 21.6. The van der Waals surface area contributed by atoms with Crippen molar-refractivity contribution in [3.8, 4) is 11.5 Å². The molecule has 1 N–H and O–H groups in total. The van der Waals surface area contributed by atoms with Crippen LogP contribution in [0.1, 0.15) is 49.5 Å². The van der Waals surface area contributed by atoms with Crippen LogP contribution in [0.15, 0.2) is 40.7 Å². The Kier molecular flexibility index (Phi) is 6.10. The minimum atomic E-state index is -0.443. The van der Waals surface area contributed by atoms with Gasteiger partial charge in [0.05, 0.1) is 38.3 Å². The molecule has 4 heterocycles. The number of amides is 4. The Morgan fingerprint density at radius 2 is 1.97 bits per heavy atom. The van der Waals surface area contributed by atoms with Crippen molar-refractivity contribution in [2.75, 3.05) is 39.2 Å². The first-order valence-electron chi connectivity index (χ1n) is 12.5. The van der Waals surface area contributed by atoms with Crippen LogP contribution in [0.25, 0.3) is 0 Å². The van der Waals surface area contributed by atoms with Crippen molar-refractivity contribution in [1.82, 2.24) is 14.7 Å². The fourth-order valence-electron chi connectivity index (χ4n) is 6.05. The van der Waals surface area contributed by atoms with Crippen LogP contribution in [-0.4, -0.2) is 66.2 Å². The third-order valence-electron chi connectivity index (χ3n) is 7.89. The lowest BCUT2D eigenvalue weighted by Gasteiger charge is -2.44. The number of likely N-dealkylation sites (N-methyl/N-ethyl adjacent to an activating group) is 1. The number of nitrogens with zero attached hydrogens (tertiary/aromatic N) is 3. The zero-order chi connectivity index (χ0) is 25.6. The van der Waals surface area contributed by atoms with E-state index in [2.05, 4.69) is 18.3 Å². The molecule has 1 atom stereocenters. The van der Waals surface area contributed by atoms with Gasteiger partial charge in [0.2, 0.25) is 0 Å². The van der Waals surface area contributed by atoms with Gasteiger partial charge in [-0.2, -0.15) is 0 Å². The lowest BCUT2D eigenvalue weighted by molar-refractivity contribution is 0.106. The largest absolute Gasteiger partial charge is 0.497 e. The van der Waals surface area contributed by atoms with Crippen LogP contribution >= 0.6 is 0 Å². The fraction of sp³-hybridized carbons (Fsp3) is 0.481. The predicted octanol–water partition coefficient (Wildman–Crippen LogP) is 4.93. The smallest absolute Gasteiger partial charge is 0.325 e. The number of carbonyl (C=O) groups excluding carboxylic acids is 2. The molecule has 1 aromatic carbocycles. The first kappa shape index (κ1) is 24.1. The number of methoxy groups -OCH3 is 2. The second kappa shape index (κ2) is 9.11. The van der Waals surface area contributed by atoms with Crippen molar-refractivity contribution in [1.29, 1.82) is 0 Å². The summed E-state index contributed by atoms with van der Waals surface area (Å²) in [5.74, 6) is 2.20. The number of ether oxygens (including phenoxy) is 2. The Morgan fingerprint density at radius 3 is 2.58 bits per heavy atom. The van der Waals surface area contributed by atoms with E-state index in [9.17, 15) is 9.59 Å². The van der Waals surface area contributed by atoms with E-state index in [0.29, 0.717) is 56.2 Å². The van der Waals surface area contributed by atoms with E-state index in [1.54, 1.807) is 26.5 Å². The van der Waals surface area contributed by atoms with Gasteiger partial charge in [0.1, 0.15) is 17.3 Å². The minimum Gasteiger partial charge on any atom is -0.497 e.